The van der Waals surface area contributed by atoms with E-state index in [1.807, 2.05) is 0 Å². The average Bonchev–Trinajstić information content (AvgIpc) is 2.81. The van der Waals surface area contributed by atoms with E-state index in [1.54, 1.807) is 24.3 Å². The summed E-state index contributed by atoms with van der Waals surface area (Å²) in [6.07, 6.45) is 4.10. The van der Waals surface area contributed by atoms with E-state index in [4.69, 9.17) is 0 Å². The molecule has 3 N–H and O–H groups in total. The van der Waals surface area contributed by atoms with Crippen LogP contribution in [0.4, 0.5) is 16.2 Å². The highest BCUT2D eigenvalue weighted by Gasteiger charge is 2.51. The number of carbonyl (C=O) groups is 4. The lowest BCUT2D eigenvalue weighted by atomic mass is 9.82. The molecule has 1 aromatic rings. The molecule has 0 unspecified atom stereocenters. The van der Waals surface area contributed by atoms with Crippen molar-refractivity contribution in [3.05, 3.63) is 24.3 Å². The van der Waals surface area contributed by atoms with Gasteiger partial charge in [-0.25, -0.2) is 4.79 Å². The van der Waals surface area contributed by atoms with Gasteiger partial charge in [-0.15, -0.1) is 0 Å². The summed E-state index contributed by atoms with van der Waals surface area (Å²) in [4.78, 5) is 49.1. The Morgan fingerprint density at radius 2 is 1.62 bits per heavy atom. The predicted molar refractivity (Wildman–Crippen MR) is 95.4 cm³/mol. The molecule has 138 valence electrons. The van der Waals surface area contributed by atoms with Crippen LogP contribution >= 0.6 is 0 Å². The lowest BCUT2D eigenvalue weighted by Gasteiger charge is -2.30. The maximum Gasteiger partial charge on any atom is 0.325 e. The van der Waals surface area contributed by atoms with Crippen LogP contribution in [0.5, 0.6) is 0 Å². The van der Waals surface area contributed by atoms with Gasteiger partial charge in [0.05, 0.1) is 0 Å². The van der Waals surface area contributed by atoms with Crippen molar-refractivity contribution in [2.75, 3.05) is 17.2 Å². The Bertz CT molecular complexity index is 738. The molecule has 0 bridgehead atoms. The van der Waals surface area contributed by atoms with Crippen LogP contribution in [0.3, 0.4) is 0 Å². The SMILES string of the molecule is CC(=O)Nc1ccc(NC(=O)CN2C(=O)NC3(CCCCC3)C2=O)cc1. The quantitative estimate of drug-likeness (QED) is 0.714. The van der Waals surface area contributed by atoms with E-state index < -0.39 is 17.5 Å². The van der Waals surface area contributed by atoms with Crippen molar-refractivity contribution >= 4 is 35.1 Å². The first kappa shape index (κ1) is 17.9. The van der Waals surface area contributed by atoms with Crippen LogP contribution in [0.1, 0.15) is 39.0 Å². The molecule has 0 aromatic heterocycles. The van der Waals surface area contributed by atoms with Gasteiger partial charge >= 0.3 is 6.03 Å². The van der Waals surface area contributed by atoms with Gasteiger partial charge in [0.1, 0.15) is 12.1 Å². The number of anilines is 2. The predicted octanol–water partition coefficient (Wildman–Crippen LogP) is 1.84. The van der Waals surface area contributed by atoms with Crippen LogP contribution in [0.15, 0.2) is 24.3 Å². The summed E-state index contributed by atoms with van der Waals surface area (Å²) in [6, 6.07) is 6.08. The first-order valence-electron chi connectivity index (χ1n) is 8.71. The molecule has 1 aromatic carbocycles. The first-order valence-corrected chi connectivity index (χ1v) is 8.71. The Balaban J connectivity index is 1.60. The van der Waals surface area contributed by atoms with E-state index in [-0.39, 0.29) is 18.4 Å². The summed E-state index contributed by atoms with van der Waals surface area (Å²) in [7, 11) is 0. The third-order valence-electron chi connectivity index (χ3n) is 4.74. The highest BCUT2D eigenvalue weighted by molar-refractivity contribution is 6.10. The maximum atomic E-state index is 12.7. The molecule has 2 fully saturated rings. The summed E-state index contributed by atoms with van der Waals surface area (Å²) >= 11 is 0. The third kappa shape index (κ3) is 3.68. The molecule has 3 rings (SSSR count). The first-order chi connectivity index (χ1) is 12.4. The lowest BCUT2D eigenvalue weighted by Crippen LogP contribution is -2.48. The number of imide groups is 1. The van der Waals surface area contributed by atoms with Crippen LogP contribution in [0, 0.1) is 0 Å². The van der Waals surface area contributed by atoms with Crippen molar-refractivity contribution in [3.8, 4) is 0 Å². The highest BCUT2D eigenvalue weighted by atomic mass is 16.2. The van der Waals surface area contributed by atoms with Crippen molar-refractivity contribution in [1.29, 1.82) is 0 Å². The molecule has 1 heterocycles. The van der Waals surface area contributed by atoms with Crippen LogP contribution in [0.2, 0.25) is 0 Å². The lowest BCUT2D eigenvalue weighted by molar-refractivity contribution is -0.134. The van der Waals surface area contributed by atoms with Crippen LogP contribution in [-0.2, 0) is 14.4 Å². The number of urea groups is 1. The summed E-state index contributed by atoms with van der Waals surface area (Å²) < 4.78 is 0. The zero-order valence-electron chi connectivity index (χ0n) is 14.6. The Labute approximate surface area is 151 Å². The Morgan fingerprint density at radius 1 is 1.04 bits per heavy atom. The molecule has 1 saturated heterocycles. The topological polar surface area (TPSA) is 108 Å². The van der Waals surface area contributed by atoms with Gasteiger partial charge in [0, 0.05) is 18.3 Å². The molecule has 1 aliphatic heterocycles. The van der Waals surface area contributed by atoms with Crippen molar-refractivity contribution < 1.29 is 19.2 Å². The van der Waals surface area contributed by atoms with Gasteiger partial charge in [0.15, 0.2) is 0 Å². The van der Waals surface area contributed by atoms with E-state index in [0.717, 1.165) is 24.2 Å². The number of rotatable bonds is 4. The number of amides is 5. The number of benzene rings is 1. The third-order valence-corrected chi connectivity index (χ3v) is 4.74. The van der Waals surface area contributed by atoms with Gasteiger partial charge in [-0.2, -0.15) is 0 Å². The Morgan fingerprint density at radius 3 is 2.19 bits per heavy atom. The van der Waals surface area contributed by atoms with Gasteiger partial charge in [0.25, 0.3) is 5.91 Å². The normalized spacial score (nSPS) is 18.6. The Hall–Kier alpha value is -2.90. The van der Waals surface area contributed by atoms with Crippen LogP contribution < -0.4 is 16.0 Å². The molecular formula is C18H22N4O4. The molecule has 0 radical (unpaired) electrons. The van der Waals surface area contributed by atoms with Crippen LogP contribution in [-0.4, -0.2) is 40.7 Å². The second-order valence-corrected chi connectivity index (χ2v) is 6.77. The number of nitrogens with one attached hydrogen (secondary N) is 3. The summed E-state index contributed by atoms with van der Waals surface area (Å²) in [5.41, 5.74) is 0.308. The van der Waals surface area contributed by atoms with Gasteiger partial charge in [0.2, 0.25) is 11.8 Å². The standard InChI is InChI=1S/C18H22N4O4/c1-12(23)19-13-5-7-14(8-6-13)20-15(24)11-22-16(25)18(21-17(22)26)9-3-2-4-10-18/h5-8H,2-4,9-11H2,1H3,(H,19,23)(H,20,24)(H,21,26). The Kier molecular flexibility index (Phi) is 4.92. The van der Waals surface area contributed by atoms with Crippen molar-refractivity contribution in [3.63, 3.8) is 0 Å². The van der Waals surface area contributed by atoms with E-state index in [1.165, 1.54) is 6.92 Å². The van der Waals surface area contributed by atoms with Crippen molar-refractivity contribution in [2.24, 2.45) is 0 Å². The molecule has 1 spiro atoms. The number of carbonyl (C=O) groups excluding carboxylic acids is 4. The average molecular weight is 358 g/mol. The minimum atomic E-state index is -0.824. The van der Waals surface area contributed by atoms with Crippen molar-refractivity contribution in [2.45, 2.75) is 44.6 Å². The highest BCUT2D eigenvalue weighted by Crippen LogP contribution is 2.33. The number of hydrogen-bond donors (Lipinski definition) is 3. The fraction of sp³-hybridized carbons (Fsp3) is 0.444. The fourth-order valence-electron chi connectivity index (χ4n) is 3.50. The van der Waals surface area contributed by atoms with Gasteiger partial charge in [-0.3, -0.25) is 19.3 Å². The fourth-order valence-corrected chi connectivity index (χ4v) is 3.50. The molecule has 1 saturated carbocycles. The second-order valence-electron chi connectivity index (χ2n) is 6.77. The zero-order valence-corrected chi connectivity index (χ0v) is 14.6. The van der Waals surface area contributed by atoms with Gasteiger partial charge < -0.3 is 16.0 Å². The molecule has 8 nitrogen and oxygen atoms in total. The van der Waals surface area contributed by atoms with E-state index >= 15 is 0 Å². The van der Waals surface area contributed by atoms with Gasteiger partial charge in [-0.05, 0) is 37.1 Å². The van der Waals surface area contributed by atoms with E-state index in [9.17, 15) is 19.2 Å². The minimum absolute atomic E-state index is 0.183. The summed E-state index contributed by atoms with van der Waals surface area (Å²) in [5.74, 6) is -0.941. The zero-order chi connectivity index (χ0) is 18.7. The summed E-state index contributed by atoms with van der Waals surface area (Å²) in [5, 5.41) is 8.07. The monoisotopic (exact) mass is 358 g/mol. The molecule has 8 heteroatoms. The number of hydrogen-bond acceptors (Lipinski definition) is 4. The molecule has 1 aliphatic carbocycles. The molecule has 2 aliphatic rings. The minimum Gasteiger partial charge on any atom is -0.326 e. The molecule has 5 amide bonds. The maximum absolute atomic E-state index is 12.7. The smallest absolute Gasteiger partial charge is 0.325 e. The molecule has 0 atom stereocenters. The van der Waals surface area contributed by atoms with Crippen LogP contribution in [0.25, 0.3) is 0 Å². The molecular weight excluding hydrogens is 336 g/mol. The van der Waals surface area contributed by atoms with Crippen molar-refractivity contribution in [1.82, 2.24) is 10.2 Å². The van der Waals surface area contributed by atoms with E-state index in [0.29, 0.717) is 24.2 Å². The molecule has 26 heavy (non-hydrogen) atoms. The number of nitrogens with zero attached hydrogens (tertiary/aromatic N) is 1. The van der Waals surface area contributed by atoms with E-state index in [2.05, 4.69) is 16.0 Å². The largest absolute Gasteiger partial charge is 0.326 e. The second kappa shape index (κ2) is 7.15. The van der Waals surface area contributed by atoms with Gasteiger partial charge in [-0.1, -0.05) is 19.3 Å². The summed E-state index contributed by atoms with van der Waals surface area (Å²) in [6.45, 7) is 1.09.